The van der Waals surface area contributed by atoms with E-state index in [-0.39, 0.29) is 11.7 Å². The molecular weight excluding hydrogens is 238 g/mol. The lowest BCUT2D eigenvalue weighted by Gasteiger charge is -2.21. The van der Waals surface area contributed by atoms with Crippen LogP contribution < -0.4 is 0 Å². The number of nitrogens with zero attached hydrogens (tertiary/aromatic N) is 1. The zero-order valence-corrected chi connectivity index (χ0v) is 11.0. The van der Waals surface area contributed by atoms with Crippen LogP contribution in [0.2, 0.25) is 0 Å². The summed E-state index contributed by atoms with van der Waals surface area (Å²) < 4.78 is 0. The number of aromatic hydroxyl groups is 1. The van der Waals surface area contributed by atoms with Gasteiger partial charge in [0.05, 0.1) is 0 Å². The van der Waals surface area contributed by atoms with Gasteiger partial charge in [-0.1, -0.05) is 6.92 Å². The van der Waals surface area contributed by atoms with Crippen LogP contribution in [-0.4, -0.2) is 34.9 Å². The van der Waals surface area contributed by atoms with Crippen LogP contribution in [0.5, 0.6) is 5.75 Å². The van der Waals surface area contributed by atoms with Gasteiger partial charge in [0.1, 0.15) is 5.75 Å². The van der Waals surface area contributed by atoms with Crippen molar-refractivity contribution in [2.45, 2.75) is 20.3 Å². The Morgan fingerprint density at radius 1 is 1.41 bits per heavy atom. The highest BCUT2D eigenvalue weighted by atomic mass is 35.5. The Labute approximate surface area is 107 Å². The Morgan fingerprint density at radius 3 is 2.65 bits per heavy atom. The lowest BCUT2D eigenvalue weighted by atomic mass is 10.1. The van der Waals surface area contributed by atoms with E-state index in [2.05, 4.69) is 0 Å². The summed E-state index contributed by atoms with van der Waals surface area (Å²) in [6.07, 6.45) is 0.902. The highest BCUT2D eigenvalue weighted by Gasteiger charge is 2.14. The van der Waals surface area contributed by atoms with Gasteiger partial charge < -0.3 is 10.0 Å². The van der Waals surface area contributed by atoms with Crippen molar-refractivity contribution in [1.29, 1.82) is 0 Å². The lowest BCUT2D eigenvalue weighted by molar-refractivity contribution is 0.0765. The number of halogens is 1. The number of phenolic OH excluding ortho intramolecular Hbond substituents is 1. The van der Waals surface area contributed by atoms with E-state index in [1.165, 1.54) is 0 Å². The molecule has 0 atom stereocenters. The van der Waals surface area contributed by atoms with Gasteiger partial charge in [0.25, 0.3) is 5.91 Å². The molecule has 94 valence electrons. The third-order valence-electron chi connectivity index (χ3n) is 2.58. The Bertz CT molecular complexity index is 387. The fraction of sp³-hybridized carbons (Fsp3) is 0.462. The van der Waals surface area contributed by atoms with Gasteiger partial charge in [-0.2, -0.15) is 0 Å². The number of hydrogen-bond acceptors (Lipinski definition) is 2. The van der Waals surface area contributed by atoms with Crippen LogP contribution in [0.15, 0.2) is 18.2 Å². The average molecular weight is 256 g/mol. The minimum atomic E-state index is -0.0319. The number of aryl methyl sites for hydroxylation is 1. The molecule has 0 saturated carbocycles. The zero-order chi connectivity index (χ0) is 12.8. The minimum Gasteiger partial charge on any atom is -0.508 e. The maximum absolute atomic E-state index is 12.2. The molecule has 0 fully saturated rings. The quantitative estimate of drug-likeness (QED) is 0.822. The Kier molecular flexibility index (Phi) is 5.29. The summed E-state index contributed by atoms with van der Waals surface area (Å²) in [5.41, 5.74) is 1.30. The molecule has 0 bridgehead atoms. The van der Waals surface area contributed by atoms with Crippen molar-refractivity contribution < 1.29 is 9.90 Å². The van der Waals surface area contributed by atoms with Gasteiger partial charge in [-0.3, -0.25) is 4.79 Å². The third-order valence-corrected chi connectivity index (χ3v) is 2.75. The van der Waals surface area contributed by atoms with E-state index in [0.717, 1.165) is 6.42 Å². The first kappa shape index (κ1) is 13.8. The van der Waals surface area contributed by atoms with Gasteiger partial charge >= 0.3 is 0 Å². The van der Waals surface area contributed by atoms with Crippen LogP contribution in [0.4, 0.5) is 0 Å². The van der Waals surface area contributed by atoms with Crippen molar-refractivity contribution in [3.8, 4) is 5.75 Å². The van der Waals surface area contributed by atoms with E-state index in [0.29, 0.717) is 30.1 Å². The van der Waals surface area contributed by atoms with Gasteiger partial charge in [0.2, 0.25) is 0 Å². The van der Waals surface area contributed by atoms with Crippen molar-refractivity contribution in [2.24, 2.45) is 0 Å². The first-order valence-electron chi connectivity index (χ1n) is 5.75. The monoisotopic (exact) mass is 255 g/mol. The number of carbonyl (C=O) groups is 1. The van der Waals surface area contributed by atoms with E-state index in [1.807, 2.05) is 6.92 Å². The molecule has 1 N–H and O–H groups in total. The molecule has 0 spiro atoms. The Morgan fingerprint density at radius 2 is 2.12 bits per heavy atom. The Balaban J connectivity index is 2.88. The molecule has 1 aromatic carbocycles. The predicted octanol–water partition coefficient (Wildman–Crippen LogP) is 2.79. The molecule has 3 nitrogen and oxygen atoms in total. The molecule has 0 aliphatic heterocycles. The number of hydrogen-bond donors (Lipinski definition) is 1. The molecule has 1 amide bonds. The fourth-order valence-electron chi connectivity index (χ4n) is 1.66. The fourth-order valence-corrected chi connectivity index (χ4v) is 1.86. The zero-order valence-electron chi connectivity index (χ0n) is 10.2. The second-order valence-corrected chi connectivity index (χ2v) is 4.36. The number of carbonyl (C=O) groups excluding carboxylic acids is 1. The maximum Gasteiger partial charge on any atom is 0.253 e. The van der Waals surface area contributed by atoms with Gasteiger partial charge in [-0.15, -0.1) is 11.6 Å². The minimum absolute atomic E-state index is 0.0319. The molecule has 17 heavy (non-hydrogen) atoms. The van der Waals surface area contributed by atoms with Crippen LogP contribution in [-0.2, 0) is 0 Å². The molecule has 0 saturated heterocycles. The summed E-state index contributed by atoms with van der Waals surface area (Å²) in [7, 11) is 0. The van der Waals surface area contributed by atoms with E-state index in [9.17, 15) is 9.90 Å². The standard InChI is InChI=1S/C13H18ClNO2/c1-3-7-15(8-6-14)13(17)11-4-5-12(16)10(2)9-11/h4-5,9,16H,3,6-8H2,1-2H3. The van der Waals surface area contributed by atoms with Crippen molar-refractivity contribution in [3.63, 3.8) is 0 Å². The van der Waals surface area contributed by atoms with Gasteiger partial charge in [0, 0.05) is 24.5 Å². The largest absolute Gasteiger partial charge is 0.508 e. The second-order valence-electron chi connectivity index (χ2n) is 3.98. The normalized spacial score (nSPS) is 10.3. The van der Waals surface area contributed by atoms with E-state index in [1.54, 1.807) is 30.0 Å². The van der Waals surface area contributed by atoms with Crippen LogP contribution in [0.25, 0.3) is 0 Å². The van der Waals surface area contributed by atoms with Crippen molar-refractivity contribution in [3.05, 3.63) is 29.3 Å². The topological polar surface area (TPSA) is 40.5 Å². The van der Waals surface area contributed by atoms with E-state index < -0.39 is 0 Å². The van der Waals surface area contributed by atoms with E-state index >= 15 is 0 Å². The summed E-state index contributed by atoms with van der Waals surface area (Å²) in [6.45, 7) is 5.05. The smallest absolute Gasteiger partial charge is 0.253 e. The molecule has 0 unspecified atom stereocenters. The Hall–Kier alpha value is -1.22. The van der Waals surface area contributed by atoms with Gasteiger partial charge in [-0.05, 0) is 37.1 Å². The molecule has 4 heteroatoms. The summed E-state index contributed by atoms with van der Waals surface area (Å²) in [5, 5.41) is 9.42. The van der Waals surface area contributed by atoms with E-state index in [4.69, 9.17) is 11.6 Å². The van der Waals surface area contributed by atoms with Crippen LogP contribution >= 0.6 is 11.6 Å². The average Bonchev–Trinajstić information content (AvgIpc) is 2.31. The van der Waals surface area contributed by atoms with Crippen LogP contribution in [0, 0.1) is 6.92 Å². The summed E-state index contributed by atoms with van der Waals surface area (Å²) in [5.74, 6) is 0.611. The summed E-state index contributed by atoms with van der Waals surface area (Å²) in [4.78, 5) is 13.9. The highest BCUT2D eigenvalue weighted by molar-refractivity contribution is 6.18. The molecule has 0 aliphatic rings. The molecule has 1 rings (SSSR count). The van der Waals surface area contributed by atoms with Crippen molar-refractivity contribution in [2.75, 3.05) is 19.0 Å². The predicted molar refractivity (Wildman–Crippen MR) is 69.8 cm³/mol. The number of alkyl halides is 1. The van der Waals surface area contributed by atoms with Crippen molar-refractivity contribution in [1.82, 2.24) is 4.90 Å². The summed E-state index contributed by atoms with van der Waals surface area (Å²) >= 11 is 5.69. The van der Waals surface area contributed by atoms with Gasteiger partial charge in [-0.25, -0.2) is 0 Å². The summed E-state index contributed by atoms with van der Waals surface area (Å²) in [6, 6.07) is 4.89. The molecule has 0 aliphatic carbocycles. The lowest BCUT2D eigenvalue weighted by Crippen LogP contribution is -2.33. The first-order chi connectivity index (χ1) is 8.10. The molecule has 0 radical (unpaired) electrons. The van der Waals surface area contributed by atoms with Crippen molar-refractivity contribution >= 4 is 17.5 Å². The number of phenols is 1. The first-order valence-corrected chi connectivity index (χ1v) is 6.28. The van der Waals surface area contributed by atoms with Crippen LogP contribution in [0.1, 0.15) is 29.3 Å². The number of benzene rings is 1. The highest BCUT2D eigenvalue weighted by Crippen LogP contribution is 2.18. The molecular formula is C13H18ClNO2. The number of amides is 1. The van der Waals surface area contributed by atoms with Gasteiger partial charge in [0.15, 0.2) is 0 Å². The molecule has 1 aromatic rings. The maximum atomic E-state index is 12.2. The number of rotatable bonds is 5. The van der Waals surface area contributed by atoms with Crippen LogP contribution in [0.3, 0.4) is 0 Å². The molecule has 0 aromatic heterocycles. The SMILES string of the molecule is CCCN(CCCl)C(=O)c1ccc(O)c(C)c1. The second kappa shape index (κ2) is 6.50. The molecule has 0 heterocycles. The third kappa shape index (κ3) is 3.63.